The van der Waals surface area contributed by atoms with E-state index in [1.807, 2.05) is 7.05 Å². The van der Waals surface area contributed by atoms with Crippen molar-refractivity contribution in [3.8, 4) is 0 Å². The summed E-state index contributed by atoms with van der Waals surface area (Å²) in [7, 11) is 1.99. The van der Waals surface area contributed by atoms with Crippen molar-refractivity contribution in [2.24, 2.45) is 0 Å². The average molecular weight is 374 g/mol. The number of amides is 1. The van der Waals surface area contributed by atoms with Crippen molar-refractivity contribution in [3.63, 3.8) is 0 Å². The minimum Gasteiger partial charge on any atom is -0.456 e. The molecule has 0 saturated carbocycles. The van der Waals surface area contributed by atoms with Gasteiger partial charge in [0.25, 0.3) is 5.91 Å². The molecule has 0 unspecified atom stereocenters. The van der Waals surface area contributed by atoms with Crippen LogP contribution in [-0.4, -0.2) is 54.9 Å². The number of hydrogen-bond donors (Lipinski definition) is 0. The van der Waals surface area contributed by atoms with Crippen molar-refractivity contribution in [2.45, 2.75) is 13.5 Å². The highest BCUT2D eigenvalue weighted by Gasteiger charge is 2.32. The van der Waals surface area contributed by atoms with Crippen molar-refractivity contribution in [1.82, 2.24) is 9.80 Å². The van der Waals surface area contributed by atoms with Gasteiger partial charge in [-0.25, -0.2) is 9.59 Å². The largest absolute Gasteiger partial charge is 0.519 e. The Hall–Kier alpha value is -3.07. The molecule has 0 radical (unpaired) electrons. The number of likely N-dealkylation sites (N-methyl/N-ethyl adjacent to an activating group) is 1. The molecule has 3 aromatic heterocycles. The fourth-order valence-electron chi connectivity index (χ4n) is 3.15. The van der Waals surface area contributed by atoms with Crippen LogP contribution in [0.25, 0.3) is 11.2 Å². The Morgan fingerprint density at radius 2 is 1.70 bits per heavy atom. The van der Waals surface area contributed by atoms with E-state index in [9.17, 15) is 14.4 Å². The molecule has 1 aliphatic heterocycles. The molecule has 9 heteroatoms. The number of carbonyl (C=O) groups is 2. The third-order valence-electron chi connectivity index (χ3n) is 4.73. The van der Waals surface area contributed by atoms with Crippen LogP contribution in [0.3, 0.4) is 0 Å². The summed E-state index contributed by atoms with van der Waals surface area (Å²) in [5.41, 5.74) is 0.956. The lowest BCUT2D eigenvalue weighted by atomic mass is 10.1. The van der Waals surface area contributed by atoms with E-state index in [0.29, 0.717) is 18.7 Å². The molecule has 1 aliphatic rings. The second kappa shape index (κ2) is 6.58. The maximum atomic E-state index is 13.0. The summed E-state index contributed by atoms with van der Waals surface area (Å²) in [6.07, 6.45) is 0. The number of furan rings is 2. The van der Waals surface area contributed by atoms with Crippen LogP contribution in [0.2, 0.25) is 0 Å². The summed E-state index contributed by atoms with van der Waals surface area (Å²) in [4.78, 5) is 40.5. The molecule has 1 fully saturated rings. The quantitative estimate of drug-likeness (QED) is 0.632. The number of nitrogens with zero attached hydrogens (tertiary/aromatic N) is 2. The van der Waals surface area contributed by atoms with Crippen LogP contribution in [0.4, 0.5) is 0 Å². The van der Waals surface area contributed by atoms with Crippen molar-refractivity contribution in [3.05, 3.63) is 45.4 Å². The van der Waals surface area contributed by atoms with Crippen molar-refractivity contribution < 1.29 is 27.6 Å². The molecular formula is C18H18N2O7. The molecule has 3 aromatic rings. The van der Waals surface area contributed by atoms with E-state index in [1.165, 1.54) is 6.92 Å². The van der Waals surface area contributed by atoms with Crippen LogP contribution in [0.5, 0.6) is 0 Å². The third kappa shape index (κ3) is 3.10. The van der Waals surface area contributed by atoms with Gasteiger partial charge in [0.05, 0.1) is 0 Å². The lowest BCUT2D eigenvalue weighted by Gasteiger charge is -2.32. The van der Waals surface area contributed by atoms with Gasteiger partial charge in [0, 0.05) is 26.2 Å². The summed E-state index contributed by atoms with van der Waals surface area (Å²) < 4.78 is 20.3. The number of hydrogen-bond acceptors (Lipinski definition) is 8. The third-order valence-corrected chi connectivity index (χ3v) is 4.73. The Labute approximate surface area is 153 Å². The van der Waals surface area contributed by atoms with Crippen LogP contribution in [0, 0.1) is 6.92 Å². The standard InChI is InChI=1S/C18H18N2O7/c1-10-13(27-18(23)25-10)9-24-17(22)15-12-4-3-11(26-12)14(15)16(21)20-7-5-19(2)6-8-20/h3-4H,5-9H2,1-2H3. The highest BCUT2D eigenvalue weighted by molar-refractivity contribution is 6.14. The second-order valence-electron chi connectivity index (χ2n) is 6.52. The minimum atomic E-state index is -0.861. The SMILES string of the molecule is Cc1oc(=O)oc1COC(=O)c1c(C(=O)N2CCN(C)CC2)c2ccc1o2. The Balaban J connectivity index is 1.56. The first-order valence-corrected chi connectivity index (χ1v) is 8.53. The monoisotopic (exact) mass is 374 g/mol. The molecule has 4 rings (SSSR count). The Kier molecular flexibility index (Phi) is 4.23. The number of fused-ring (bicyclic) bond motifs is 2. The second-order valence-corrected chi connectivity index (χ2v) is 6.52. The smallest absolute Gasteiger partial charge is 0.456 e. The molecule has 0 N–H and O–H groups in total. The molecule has 2 bridgehead atoms. The van der Waals surface area contributed by atoms with Gasteiger partial charge in [-0.1, -0.05) is 0 Å². The predicted octanol–water partition coefficient (Wildman–Crippen LogP) is 1.47. The summed E-state index contributed by atoms with van der Waals surface area (Å²) >= 11 is 0. The van der Waals surface area contributed by atoms with Crippen molar-refractivity contribution in [1.29, 1.82) is 0 Å². The van der Waals surface area contributed by atoms with Gasteiger partial charge in [-0.2, -0.15) is 0 Å². The topological polar surface area (TPSA) is 106 Å². The summed E-state index contributed by atoms with van der Waals surface area (Å²) in [5, 5.41) is 0. The molecule has 9 nitrogen and oxygen atoms in total. The first-order chi connectivity index (χ1) is 12.9. The molecule has 0 atom stereocenters. The van der Waals surface area contributed by atoms with Crippen LogP contribution in [0.1, 0.15) is 32.2 Å². The van der Waals surface area contributed by atoms with Gasteiger partial charge >= 0.3 is 11.8 Å². The molecule has 4 heterocycles. The Bertz CT molecular complexity index is 1040. The van der Waals surface area contributed by atoms with Crippen LogP contribution >= 0.6 is 0 Å². The lowest BCUT2D eigenvalue weighted by Crippen LogP contribution is -2.47. The molecule has 0 aromatic carbocycles. The molecule has 0 spiro atoms. The van der Waals surface area contributed by atoms with E-state index < -0.39 is 11.8 Å². The number of piperazine rings is 1. The van der Waals surface area contributed by atoms with Crippen molar-refractivity contribution >= 4 is 23.0 Å². The molecule has 27 heavy (non-hydrogen) atoms. The number of aryl methyl sites for hydroxylation is 1. The van der Waals surface area contributed by atoms with Gasteiger partial charge in [-0.15, -0.1) is 0 Å². The maximum Gasteiger partial charge on any atom is 0.519 e. The molecular weight excluding hydrogens is 356 g/mol. The lowest BCUT2D eigenvalue weighted by molar-refractivity contribution is 0.0438. The van der Waals surface area contributed by atoms with E-state index in [-0.39, 0.29) is 40.7 Å². The van der Waals surface area contributed by atoms with Gasteiger partial charge in [0.15, 0.2) is 18.1 Å². The maximum absolute atomic E-state index is 13.0. The molecule has 0 aliphatic carbocycles. The van der Waals surface area contributed by atoms with Crippen LogP contribution in [-0.2, 0) is 11.3 Å². The first kappa shape index (κ1) is 17.3. The number of ether oxygens (including phenoxy) is 1. The van der Waals surface area contributed by atoms with E-state index in [1.54, 1.807) is 17.0 Å². The zero-order valence-corrected chi connectivity index (χ0v) is 14.9. The van der Waals surface area contributed by atoms with Gasteiger partial charge < -0.3 is 27.8 Å². The van der Waals surface area contributed by atoms with Gasteiger partial charge in [0.2, 0.25) is 0 Å². The van der Waals surface area contributed by atoms with E-state index in [2.05, 4.69) is 4.90 Å². The van der Waals surface area contributed by atoms with E-state index in [4.69, 9.17) is 18.0 Å². The van der Waals surface area contributed by atoms with Gasteiger partial charge in [-0.3, -0.25) is 4.79 Å². The zero-order valence-electron chi connectivity index (χ0n) is 14.9. The fourth-order valence-corrected chi connectivity index (χ4v) is 3.15. The van der Waals surface area contributed by atoms with Gasteiger partial charge in [-0.05, 0) is 26.1 Å². The number of esters is 1. The van der Waals surface area contributed by atoms with Crippen LogP contribution < -0.4 is 5.82 Å². The summed E-state index contributed by atoms with van der Waals surface area (Å²) in [6.45, 7) is 3.94. The zero-order chi connectivity index (χ0) is 19.1. The number of rotatable bonds is 4. The van der Waals surface area contributed by atoms with Crippen molar-refractivity contribution in [2.75, 3.05) is 33.2 Å². The highest BCUT2D eigenvalue weighted by atomic mass is 16.6. The fraction of sp³-hybridized carbons (Fsp3) is 0.389. The van der Waals surface area contributed by atoms with Gasteiger partial charge in [0.1, 0.15) is 22.3 Å². The summed E-state index contributed by atoms with van der Waals surface area (Å²) in [5.74, 6) is -1.47. The molecule has 1 amide bonds. The normalized spacial score (nSPS) is 15.6. The van der Waals surface area contributed by atoms with Crippen LogP contribution in [0.15, 0.2) is 30.2 Å². The van der Waals surface area contributed by atoms with E-state index in [0.717, 1.165) is 13.1 Å². The highest BCUT2D eigenvalue weighted by Crippen LogP contribution is 2.31. The molecule has 1 saturated heterocycles. The summed E-state index contributed by atoms with van der Waals surface area (Å²) in [6, 6.07) is 3.28. The predicted molar refractivity (Wildman–Crippen MR) is 91.9 cm³/mol. The molecule has 142 valence electrons. The Morgan fingerprint density at radius 1 is 1.04 bits per heavy atom. The number of carbonyl (C=O) groups excluding carboxylic acids is 2. The minimum absolute atomic E-state index is 0.0972. The average Bonchev–Trinajstić information content (AvgIpc) is 3.34. The number of benzene rings is 1. The van der Waals surface area contributed by atoms with E-state index >= 15 is 0 Å². The Morgan fingerprint density at radius 3 is 2.33 bits per heavy atom. The first-order valence-electron chi connectivity index (χ1n) is 8.53.